The van der Waals surface area contributed by atoms with Crippen molar-refractivity contribution in [3.05, 3.63) is 65.8 Å². The second-order valence-electron chi connectivity index (χ2n) is 34.1. The molecule has 23 heteroatoms. The van der Waals surface area contributed by atoms with Crippen LogP contribution in [0.15, 0.2) is 60.5 Å². The van der Waals surface area contributed by atoms with Crippen molar-refractivity contribution >= 4 is 128 Å². The molecule has 2 atom stereocenters. The monoisotopic (exact) mass is 1880 g/mol. The highest BCUT2D eigenvalue weighted by molar-refractivity contribution is 8.77. The first kappa shape index (κ1) is 155. The highest BCUT2D eigenvalue weighted by Crippen LogP contribution is 2.36. The molecule has 1 rings (SSSR count). The van der Waals surface area contributed by atoms with Crippen molar-refractivity contribution in [3.8, 4) is 0 Å². The third-order valence-corrected chi connectivity index (χ3v) is 26.9. The van der Waals surface area contributed by atoms with Gasteiger partial charge in [-0.05, 0) is 123 Å². The number of thioether (sulfide) groups is 2. The Bertz CT molecular complexity index is 2030. The third-order valence-electron chi connectivity index (χ3n) is 12.1. The second kappa shape index (κ2) is 115. The molecular formula is C95H203F3N2O8S10. The maximum atomic E-state index is 11.8. The number of allylic oxidation sites excluding steroid dienone is 1. The van der Waals surface area contributed by atoms with Crippen LogP contribution in [0.5, 0.6) is 0 Å². The van der Waals surface area contributed by atoms with Gasteiger partial charge in [0, 0.05) is 79.3 Å². The van der Waals surface area contributed by atoms with E-state index in [1.54, 1.807) is 54.5 Å². The van der Waals surface area contributed by atoms with Gasteiger partial charge in [-0.2, -0.15) is 11.8 Å². The minimum atomic E-state index is -2.50. The smallest absolute Gasteiger partial charge is 0.308 e. The van der Waals surface area contributed by atoms with Crippen molar-refractivity contribution in [2.75, 3.05) is 66.3 Å². The number of alkyl halides is 3. The van der Waals surface area contributed by atoms with Crippen LogP contribution in [0, 0.1) is 93.0 Å². The SMILES string of the molecule is C.C=CCC(C)C.C=CCOC(=O)C(C)C.CC(C)C(C)(F)F.CC(C)CSSC(C)(C)C.CC(C)CSSC(C)C.CC(C)CSc1ccccc1.CC(C)N.CC(C)[C@@H](C)F.CC(C)[N+](=O)[O-].CCC(C)C.CCC(C)C.CCOC(=O)C(C)C.CCOC(=O)C(C)C.CCSSCC(C)C.CCS[C@@H](C)C(C)C.CSSCC(C)C. The molecule has 0 saturated heterocycles. The fourth-order valence-corrected chi connectivity index (χ4v) is 14.4. The van der Waals surface area contributed by atoms with Crippen molar-refractivity contribution in [3.63, 3.8) is 0 Å². The molecule has 10 nitrogen and oxygen atoms in total. The zero-order valence-electron chi connectivity index (χ0n) is 85.1. The molecule has 118 heavy (non-hydrogen) atoms. The fraction of sp³-hybridized carbons (Fsp3) is 0.863. The molecule has 1 aromatic carbocycles. The van der Waals surface area contributed by atoms with Crippen LogP contribution in [0.4, 0.5) is 13.2 Å². The highest BCUT2D eigenvalue weighted by atomic mass is 33.1. The lowest BCUT2D eigenvalue weighted by Gasteiger charge is -2.16. The van der Waals surface area contributed by atoms with Gasteiger partial charge in [0.15, 0.2) is 0 Å². The Labute approximate surface area is 778 Å². The van der Waals surface area contributed by atoms with E-state index >= 15 is 0 Å². The maximum Gasteiger partial charge on any atom is 0.308 e. The molecule has 0 bridgehead atoms. The van der Waals surface area contributed by atoms with Crippen molar-refractivity contribution in [2.24, 2.45) is 88.6 Å². The van der Waals surface area contributed by atoms with Crippen LogP contribution in [-0.4, -0.2) is 129 Å². The van der Waals surface area contributed by atoms with Gasteiger partial charge in [-0.1, -0.05) is 420 Å². The first-order valence-electron chi connectivity index (χ1n) is 43.3. The van der Waals surface area contributed by atoms with Crippen molar-refractivity contribution in [2.45, 2.75) is 390 Å². The van der Waals surface area contributed by atoms with E-state index in [-0.39, 0.29) is 53.9 Å². The highest BCUT2D eigenvalue weighted by Gasteiger charge is 2.25. The molecule has 0 spiro atoms. The largest absolute Gasteiger partial charge is 0.466 e. The van der Waals surface area contributed by atoms with Crippen molar-refractivity contribution < 1.29 is 46.7 Å². The predicted octanol–water partition coefficient (Wildman–Crippen LogP) is 35.2. The molecule has 0 fully saturated rings. The predicted molar refractivity (Wildman–Crippen MR) is 563 cm³/mol. The van der Waals surface area contributed by atoms with E-state index in [2.05, 4.69) is 253 Å². The Kier molecular flexibility index (Phi) is 151. The van der Waals surface area contributed by atoms with Crippen LogP contribution in [0.3, 0.4) is 0 Å². The molecule has 0 saturated carbocycles. The number of halogens is 3. The number of nitro groups is 1. The van der Waals surface area contributed by atoms with Gasteiger partial charge in [0.1, 0.15) is 6.61 Å². The van der Waals surface area contributed by atoms with Gasteiger partial charge in [-0.25, -0.2) is 13.2 Å². The lowest BCUT2D eigenvalue weighted by molar-refractivity contribution is -0.513. The Balaban J connectivity index is -0.0000000675. The number of ether oxygens (including phenoxy) is 3. The summed E-state index contributed by atoms with van der Waals surface area (Å²) < 4.78 is 50.0. The summed E-state index contributed by atoms with van der Waals surface area (Å²) in [5.74, 6) is 13.0. The number of nitrogens with zero attached hydrogens (tertiary/aromatic N) is 1. The minimum Gasteiger partial charge on any atom is -0.466 e. The third kappa shape index (κ3) is 212. The van der Waals surface area contributed by atoms with Crippen LogP contribution in [-0.2, 0) is 28.6 Å². The first-order valence-corrected chi connectivity index (χ1v) is 55.2. The average Bonchev–Trinajstić information content (AvgIpc) is 0.951. The van der Waals surface area contributed by atoms with E-state index in [0.29, 0.717) is 30.6 Å². The number of carbonyl (C=O) groups is 3. The van der Waals surface area contributed by atoms with E-state index in [0.717, 1.165) is 77.1 Å². The van der Waals surface area contributed by atoms with E-state index < -0.39 is 24.1 Å². The molecule has 0 heterocycles. The van der Waals surface area contributed by atoms with E-state index in [9.17, 15) is 37.7 Å². The maximum absolute atomic E-state index is 11.8. The number of hydrogen-bond donors (Lipinski definition) is 1. The van der Waals surface area contributed by atoms with E-state index in [1.807, 2.05) is 171 Å². The summed E-state index contributed by atoms with van der Waals surface area (Å²) in [7, 11) is 15.6. The normalized spacial score (nSPS) is 10.8. The number of hydrogen-bond acceptors (Lipinski definition) is 19. The zero-order chi connectivity index (χ0) is 96.2. The standard InChI is InChI=1S/C10H14S.C8H18S2.C7H12O2.C7H16S2.C7H16S.2C6H12O2.C6H14S2.C6H12.C5H10F2.C5H11F.C5H12S2.2C5H12.C3H7NO2.C3H9N.CH4/c1-9(2)8-11-10-6-4-3-5-7-10;1-7(2)6-9-10-8(3,4)5;1-4-5-9-7(8)6(2)3;1-6(2)5-8-9-7(3)4;1-5-8-7(4)6(2)3;2*1-4-8-6(7)5(2)3;1-4-7-8-5-6(2)3;1-4-5-6(2)3;1-4(2)5(3,6)7;1-4(2)5(3)6;1-5(2)4-7-6-3;2*1-4-5(2)3;1-3(2)4(5)6;1-3(2)4;/h3-7,9H,8H2,1-2H3;7H,6H2,1-5H3;4,6H,1,5H2,2-3H3;6-7H,5H2,1-4H3;6-7H,5H2,1-4H3;2*5H,4H2,1-3H3;6H,4-5H2,1-3H3;4,6H,1,5H2,2-3H3;4H,1-3H3;4-5H,1-3H3;5H,4H2,1-3H3;2*5H,4H2,1-3H3;3H,1-2H3;3H,4H2,1-2H3;1H4/t;;;;7-;;;;;;5-;;;;;;/m....0.....1....../s1. The average molecular weight is 1880 g/mol. The number of carbonyl (C=O) groups excluding carboxylic acids is 3. The molecule has 0 aliphatic carbocycles. The molecule has 0 radical (unpaired) electrons. The Morgan fingerprint density at radius 2 is 0.805 bits per heavy atom. The molecule has 2 N–H and O–H groups in total. The van der Waals surface area contributed by atoms with E-state index in [1.165, 1.54) is 71.9 Å². The van der Waals surface area contributed by atoms with Gasteiger partial charge in [0.25, 0.3) is 0 Å². The summed E-state index contributed by atoms with van der Waals surface area (Å²) in [6.45, 7) is 102. The van der Waals surface area contributed by atoms with Gasteiger partial charge in [0.2, 0.25) is 12.0 Å². The molecule has 0 amide bonds. The Morgan fingerprint density at radius 1 is 0.492 bits per heavy atom. The Morgan fingerprint density at radius 3 is 0.983 bits per heavy atom. The number of nitrogens with two attached hydrogens (primary N) is 1. The van der Waals surface area contributed by atoms with E-state index in [4.69, 9.17) is 10.5 Å². The molecule has 1 aromatic rings. The van der Waals surface area contributed by atoms with Gasteiger partial charge >= 0.3 is 17.9 Å². The second-order valence-corrected chi connectivity index (χ2v) is 48.4. The number of esters is 3. The zero-order valence-corrected chi connectivity index (χ0v) is 93.3. The summed E-state index contributed by atoms with van der Waals surface area (Å²) >= 11 is 3.97. The summed E-state index contributed by atoms with van der Waals surface area (Å²) in [5, 5.41) is 11.1. The van der Waals surface area contributed by atoms with Gasteiger partial charge in [-0.15, -0.1) is 18.3 Å². The summed E-state index contributed by atoms with van der Waals surface area (Å²) in [4.78, 5) is 42.2. The molecule has 0 aromatic heterocycles. The quantitative estimate of drug-likeness (QED) is 0.0102. The van der Waals surface area contributed by atoms with Gasteiger partial charge in [0.05, 0.1) is 37.1 Å². The van der Waals surface area contributed by atoms with Crippen LogP contribution >= 0.6 is 110 Å². The molecule has 0 aliphatic heterocycles. The topological polar surface area (TPSA) is 148 Å². The first-order chi connectivity index (χ1) is 53.4. The summed E-state index contributed by atoms with van der Waals surface area (Å²) in [6, 6.07) is 10.5. The summed E-state index contributed by atoms with van der Waals surface area (Å²) in [6.07, 6.45) is 8.72. The lowest BCUT2D eigenvalue weighted by atomic mass is 10.1. The van der Waals surface area contributed by atoms with Crippen molar-refractivity contribution in [1.29, 1.82) is 0 Å². The van der Waals surface area contributed by atoms with Crippen LogP contribution in [0.25, 0.3) is 0 Å². The molecular weight excluding hydrogens is 1670 g/mol. The Hall–Kier alpha value is -0.240. The minimum absolute atomic E-state index is 0. The molecule has 0 aliphatic rings. The fourth-order valence-electron chi connectivity index (χ4n) is 3.62. The van der Waals surface area contributed by atoms with Crippen LogP contribution in [0.2, 0.25) is 0 Å². The summed E-state index contributed by atoms with van der Waals surface area (Å²) in [5.41, 5.74) is 5.11. The lowest BCUT2D eigenvalue weighted by Crippen LogP contribution is -2.17. The molecule has 0 unspecified atom stereocenters. The van der Waals surface area contributed by atoms with Crippen LogP contribution in [0.1, 0.15) is 345 Å². The molecule has 722 valence electrons. The number of rotatable bonds is 34. The van der Waals surface area contributed by atoms with Crippen molar-refractivity contribution in [1.82, 2.24) is 0 Å². The number of benzene rings is 1. The van der Waals surface area contributed by atoms with Gasteiger partial charge < -0.3 is 19.9 Å². The van der Waals surface area contributed by atoms with Crippen LogP contribution < -0.4 is 5.73 Å². The van der Waals surface area contributed by atoms with Gasteiger partial charge in [-0.3, -0.25) is 24.5 Å².